The molecule has 0 heterocycles. The van der Waals surface area contributed by atoms with Gasteiger partial charge in [-0.2, -0.15) is 0 Å². The Morgan fingerprint density at radius 3 is 2.63 bits per heavy atom. The summed E-state index contributed by atoms with van der Waals surface area (Å²) in [5.74, 6) is 0.375. The number of hydrogen-bond donors (Lipinski definition) is 0. The average molecular weight is 329 g/mol. The van der Waals surface area contributed by atoms with Gasteiger partial charge in [0.15, 0.2) is 0 Å². The first-order valence-corrected chi connectivity index (χ1v) is 6.77. The molecule has 0 aliphatic heterocycles. The maximum Gasteiger partial charge on any atom is 0.333 e. The summed E-state index contributed by atoms with van der Waals surface area (Å²) in [6, 6.07) is 9.48. The summed E-state index contributed by atoms with van der Waals surface area (Å²) in [7, 11) is 0. The Morgan fingerprint density at radius 1 is 1.32 bits per heavy atom. The quantitative estimate of drug-likeness (QED) is 0.318. The van der Waals surface area contributed by atoms with E-state index < -0.39 is 5.97 Å². The summed E-state index contributed by atoms with van der Waals surface area (Å²) in [5.41, 5.74) is 0.368. The average Bonchev–Trinajstić information content (AvgIpc) is 2.42. The van der Waals surface area contributed by atoms with Gasteiger partial charge in [0.2, 0.25) is 0 Å². The molecule has 0 saturated heterocycles. The van der Waals surface area contributed by atoms with E-state index in [0.717, 1.165) is 5.75 Å². The second-order valence-electron chi connectivity index (χ2n) is 3.82. The number of alkyl halides is 1. The van der Waals surface area contributed by atoms with Crippen LogP contribution in [0.3, 0.4) is 0 Å². The lowest BCUT2D eigenvalue weighted by molar-refractivity contribution is -0.141. The lowest BCUT2D eigenvalue weighted by atomic mass is 10.3. The third-order valence-electron chi connectivity index (χ3n) is 2.09. The van der Waals surface area contributed by atoms with E-state index >= 15 is 0 Å². The fraction of sp³-hybridized carbons (Fsp3) is 0.357. The van der Waals surface area contributed by atoms with Crippen LogP contribution in [-0.2, 0) is 14.3 Å². The van der Waals surface area contributed by atoms with Crippen LogP contribution in [0.15, 0.2) is 42.5 Å². The van der Waals surface area contributed by atoms with Crippen molar-refractivity contribution in [3.05, 3.63) is 42.5 Å². The molecule has 1 atom stereocenters. The van der Waals surface area contributed by atoms with Crippen molar-refractivity contribution in [1.29, 1.82) is 0 Å². The molecule has 0 radical (unpaired) electrons. The molecular formula is C14H17BrO4. The van der Waals surface area contributed by atoms with Crippen LogP contribution in [0.2, 0.25) is 0 Å². The molecule has 1 aromatic carbocycles. The molecule has 0 amide bonds. The van der Waals surface area contributed by atoms with Gasteiger partial charge in [-0.15, -0.1) is 0 Å². The van der Waals surface area contributed by atoms with Gasteiger partial charge in [-0.25, -0.2) is 4.79 Å². The molecule has 0 aromatic heterocycles. The number of halogens is 1. The minimum atomic E-state index is -0.423. The van der Waals surface area contributed by atoms with Crippen molar-refractivity contribution in [3.8, 4) is 5.75 Å². The molecule has 0 N–H and O–H groups in total. The van der Waals surface area contributed by atoms with Crippen molar-refractivity contribution in [2.24, 2.45) is 0 Å². The fourth-order valence-corrected chi connectivity index (χ4v) is 1.48. The van der Waals surface area contributed by atoms with Crippen molar-refractivity contribution in [2.75, 3.05) is 19.8 Å². The van der Waals surface area contributed by atoms with Crippen molar-refractivity contribution >= 4 is 21.9 Å². The number of carbonyl (C=O) groups is 1. The summed E-state index contributed by atoms with van der Waals surface area (Å²) < 4.78 is 15.8. The van der Waals surface area contributed by atoms with Crippen molar-refractivity contribution < 1.29 is 19.0 Å². The summed E-state index contributed by atoms with van der Waals surface area (Å²) in [6.45, 7) is 6.05. The maximum absolute atomic E-state index is 11.1. The predicted molar refractivity (Wildman–Crippen MR) is 76.4 cm³/mol. The van der Waals surface area contributed by atoms with Crippen molar-refractivity contribution in [3.63, 3.8) is 0 Å². The van der Waals surface area contributed by atoms with Crippen LogP contribution < -0.4 is 4.74 Å². The molecule has 0 aliphatic carbocycles. The molecular weight excluding hydrogens is 312 g/mol. The summed E-state index contributed by atoms with van der Waals surface area (Å²) in [6.07, 6.45) is 0. The first-order valence-electron chi connectivity index (χ1n) is 5.85. The van der Waals surface area contributed by atoms with Gasteiger partial charge >= 0.3 is 5.97 Å². The van der Waals surface area contributed by atoms with Crippen LogP contribution in [-0.4, -0.2) is 30.8 Å². The molecule has 0 aliphatic rings. The zero-order chi connectivity index (χ0) is 14.1. The number of hydrogen-bond acceptors (Lipinski definition) is 4. The number of carbonyl (C=O) groups excluding carboxylic acids is 1. The van der Waals surface area contributed by atoms with Gasteiger partial charge in [0.25, 0.3) is 0 Å². The van der Waals surface area contributed by atoms with Gasteiger partial charge in [-0.3, -0.25) is 0 Å². The Hall–Kier alpha value is -1.33. The third-order valence-corrected chi connectivity index (χ3v) is 2.62. The molecule has 4 nitrogen and oxygen atoms in total. The Kier molecular flexibility index (Phi) is 7.22. The van der Waals surface area contributed by atoms with E-state index in [0.29, 0.717) is 18.8 Å². The maximum atomic E-state index is 11.1. The fourth-order valence-electron chi connectivity index (χ4n) is 1.16. The predicted octanol–water partition coefficient (Wildman–Crippen LogP) is 2.92. The number of benzene rings is 1. The molecule has 1 unspecified atom stereocenters. The van der Waals surface area contributed by atoms with Crippen LogP contribution >= 0.6 is 15.9 Å². The van der Waals surface area contributed by atoms with Crippen LogP contribution in [0.5, 0.6) is 5.75 Å². The second kappa shape index (κ2) is 8.72. The Morgan fingerprint density at radius 2 is 2.00 bits per heavy atom. The van der Waals surface area contributed by atoms with Gasteiger partial charge in [0.1, 0.15) is 24.0 Å². The van der Waals surface area contributed by atoms with E-state index in [1.54, 1.807) is 6.92 Å². The molecule has 104 valence electrons. The van der Waals surface area contributed by atoms with Crippen molar-refractivity contribution in [2.45, 2.75) is 11.9 Å². The highest BCUT2D eigenvalue weighted by Gasteiger charge is 2.09. The third kappa shape index (κ3) is 6.98. The standard InChI is InChI=1S/C14H17BrO4/c1-11(2)14(16)19-10-13(15)18-9-8-17-12-6-4-3-5-7-12/h3-7,13H,1,8-10H2,2H3. The minimum absolute atomic E-state index is 0.136. The number of ether oxygens (including phenoxy) is 3. The highest BCUT2D eigenvalue weighted by Crippen LogP contribution is 2.09. The largest absolute Gasteiger partial charge is 0.491 e. The SMILES string of the molecule is C=C(C)C(=O)OCC(Br)OCCOc1ccccc1. The van der Waals surface area contributed by atoms with Crippen LogP contribution in [0.25, 0.3) is 0 Å². The summed E-state index contributed by atoms with van der Waals surface area (Å²) in [5, 5.41) is -0.352. The number of rotatable bonds is 8. The second-order valence-corrected chi connectivity index (χ2v) is 4.84. The normalized spacial score (nSPS) is 11.7. The molecule has 5 heteroatoms. The van der Waals surface area contributed by atoms with E-state index in [9.17, 15) is 4.79 Å². The van der Waals surface area contributed by atoms with Gasteiger partial charge in [-0.1, -0.05) is 40.7 Å². The molecule has 0 spiro atoms. The molecule has 0 saturated carbocycles. The van der Waals surface area contributed by atoms with Crippen LogP contribution in [0.4, 0.5) is 0 Å². The topological polar surface area (TPSA) is 44.8 Å². The molecule has 1 rings (SSSR count). The number of para-hydroxylation sites is 1. The lowest BCUT2D eigenvalue weighted by Crippen LogP contribution is -2.19. The Balaban J connectivity index is 2.09. The lowest BCUT2D eigenvalue weighted by Gasteiger charge is -2.12. The van der Waals surface area contributed by atoms with Crippen LogP contribution in [0.1, 0.15) is 6.92 Å². The van der Waals surface area contributed by atoms with Gasteiger partial charge in [0, 0.05) is 5.57 Å². The highest BCUT2D eigenvalue weighted by atomic mass is 79.9. The van der Waals surface area contributed by atoms with Gasteiger partial charge in [-0.05, 0) is 19.1 Å². The van der Waals surface area contributed by atoms with Gasteiger partial charge < -0.3 is 14.2 Å². The van der Waals surface area contributed by atoms with Crippen LogP contribution in [0, 0.1) is 0 Å². The Bertz CT molecular complexity index is 405. The van der Waals surface area contributed by atoms with E-state index in [1.807, 2.05) is 30.3 Å². The monoisotopic (exact) mass is 328 g/mol. The highest BCUT2D eigenvalue weighted by molar-refractivity contribution is 9.09. The molecule has 19 heavy (non-hydrogen) atoms. The van der Waals surface area contributed by atoms with E-state index in [1.165, 1.54) is 0 Å². The smallest absolute Gasteiger partial charge is 0.333 e. The first-order chi connectivity index (χ1) is 9.09. The van der Waals surface area contributed by atoms with E-state index in [4.69, 9.17) is 14.2 Å². The molecule has 0 bridgehead atoms. The van der Waals surface area contributed by atoms with Gasteiger partial charge in [0.05, 0.1) is 6.61 Å². The zero-order valence-electron chi connectivity index (χ0n) is 10.8. The molecule has 1 aromatic rings. The first kappa shape index (κ1) is 15.7. The number of esters is 1. The Labute approximate surface area is 121 Å². The summed E-state index contributed by atoms with van der Waals surface area (Å²) >= 11 is 3.26. The molecule has 0 fully saturated rings. The summed E-state index contributed by atoms with van der Waals surface area (Å²) in [4.78, 5) is 11.1. The van der Waals surface area contributed by atoms with E-state index in [2.05, 4.69) is 22.5 Å². The minimum Gasteiger partial charge on any atom is -0.491 e. The zero-order valence-corrected chi connectivity index (χ0v) is 12.4. The van der Waals surface area contributed by atoms with Crippen molar-refractivity contribution in [1.82, 2.24) is 0 Å². The van der Waals surface area contributed by atoms with E-state index in [-0.39, 0.29) is 11.6 Å².